The minimum atomic E-state index is 0.393. The molecule has 0 aliphatic rings. The maximum atomic E-state index is 5.67. The average molecular weight is 279 g/mol. The van der Waals surface area contributed by atoms with Gasteiger partial charge in [0.05, 0.1) is 6.20 Å². The second kappa shape index (κ2) is 5.98. The van der Waals surface area contributed by atoms with Crippen molar-refractivity contribution in [3.63, 3.8) is 0 Å². The number of rotatable bonds is 4. The highest BCUT2D eigenvalue weighted by Gasteiger charge is 2.08. The number of benzene rings is 1. The van der Waals surface area contributed by atoms with Crippen LogP contribution in [0.2, 0.25) is 0 Å². The Bertz CT molecular complexity index is 719. The molecule has 3 N–H and O–H groups in total. The Hall–Kier alpha value is -2.99. The molecule has 1 aromatic carbocycles. The predicted octanol–water partition coefficient (Wildman–Crippen LogP) is 2.62. The lowest BCUT2D eigenvalue weighted by Crippen LogP contribution is -2.09. The van der Waals surface area contributed by atoms with Gasteiger partial charge in [-0.2, -0.15) is 4.98 Å². The Labute approximate surface area is 121 Å². The second-order valence-electron chi connectivity index (χ2n) is 4.22. The first-order valence-corrected chi connectivity index (χ1v) is 6.34. The van der Waals surface area contributed by atoms with E-state index in [1.54, 1.807) is 30.6 Å². The summed E-state index contributed by atoms with van der Waals surface area (Å²) in [4.78, 5) is 12.7. The lowest BCUT2D eigenvalue weighted by molar-refractivity contribution is 0.460. The third kappa shape index (κ3) is 3.13. The van der Waals surface area contributed by atoms with Gasteiger partial charge in [-0.25, -0.2) is 10.8 Å². The molecule has 2 heterocycles. The number of pyridine rings is 1. The van der Waals surface area contributed by atoms with Crippen molar-refractivity contribution in [2.45, 2.75) is 0 Å². The lowest BCUT2D eigenvalue weighted by Gasteiger charge is -2.08. The molecule has 0 unspecified atom stereocenters. The first-order chi connectivity index (χ1) is 10.3. The van der Waals surface area contributed by atoms with E-state index in [2.05, 4.69) is 20.4 Å². The summed E-state index contributed by atoms with van der Waals surface area (Å²) in [6.07, 6.45) is 3.29. The lowest BCUT2D eigenvalue weighted by atomic mass is 10.2. The van der Waals surface area contributed by atoms with Crippen molar-refractivity contribution >= 4 is 5.82 Å². The van der Waals surface area contributed by atoms with Gasteiger partial charge in [-0.05, 0) is 12.1 Å². The van der Waals surface area contributed by atoms with Gasteiger partial charge in [0.15, 0.2) is 5.82 Å². The van der Waals surface area contributed by atoms with Crippen LogP contribution >= 0.6 is 0 Å². The SMILES string of the molecule is NNc1cc(Oc2cccnc2)nc(-c2ccccc2)n1. The molecule has 0 spiro atoms. The van der Waals surface area contributed by atoms with Crippen LogP contribution in [0.4, 0.5) is 5.82 Å². The summed E-state index contributed by atoms with van der Waals surface area (Å²) in [5.74, 6) is 7.45. The van der Waals surface area contributed by atoms with E-state index in [9.17, 15) is 0 Å². The zero-order valence-electron chi connectivity index (χ0n) is 11.1. The van der Waals surface area contributed by atoms with Crippen molar-refractivity contribution in [2.24, 2.45) is 5.84 Å². The molecule has 0 saturated carbocycles. The van der Waals surface area contributed by atoms with E-state index in [0.717, 1.165) is 5.56 Å². The molecule has 0 aliphatic carbocycles. The standard InChI is InChI=1S/C15H13N5O/c16-20-13-9-14(21-12-7-4-8-17-10-12)19-15(18-13)11-5-2-1-3-6-11/h1-10H,16H2,(H,18,19,20). The second-order valence-corrected chi connectivity index (χ2v) is 4.22. The average Bonchev–Trinajstić information content (AvgIpc) is 2.56. The van der Waals surface area contributed by atoms with Crippen LogP contribution in [0.5, 0.6) is 11.6 Å². The maximum Gasteiger partial charge on any atom is 0.225 e. The maximum absolute atomic E-state index is 5.67. The van der Waals surface area contributed by atoms with Gasteiger partial charge in [0, 0.05) is 17.8 Å². The fraction of sp³-hybridized carbons (Fsp3) is 0. The van der Waals surface area contributed by atoms with E-state index in [1.807, 2.05) is 30.3 Å². The predicted molar refractivity (Wildman–Crippen MR) is 79.6 cm³/mol. The van der Waals surface area contributed by atoms with Crippen molar-refractivity contribution in [3.8, 4) is 23.0 Å². The van der Waals surface area contributed by atoms with Gasteiger partial charge in [-0.15, -0.1) is 0 Å². The Balaban J connectivity index is 1.98. The number of ether oxygens (including phenoxy) is 1. The first kappa shape index (κ1) is 13.0. The zero-order chi connectivity index (χ0) is 14.5. The van der Waals surface area contributed by atoms with E-state index < -0.39 is 0 Å². The minimum Gasteiger partial charge on any atom is -0.437 e. The van der Waals surface area contributed by atoms with Crippen molar-refractivity contribution in [3.05, 3.63) is 60.9 Å². The van der Waals surface area contributed by atoms with E-state index in [4.69, 9.17) is 10.6 Å². The number of hydrazine groups is 1. The summed E-state index contributed by atoms with van der Waals surface area (Å²) >= 11 is 0. The Kier molecular flexibility index (Phi) is 3.70. The molecule has 0 saturated heterocycles. The van der Waals surface area contributed by atoms with Gasteiger partial charge in [-0.1, -0.05) is 30.3 Å². The van der Waals surface area contributed by atoms with Gasteiger partial charge >= 0.3 is 0 Å². The molecule has 6 heteroatoms. The Morgan fingerprint density at radius 1 is 1.00 bits per heavy atom. The molecule has 0 radical (unpaired) electrons. The highest BCUT2D eigenvalue weighted by atomic mass is 16.5. The highest BCUT2D eigenvalue weighted by Crippen LogP contribution is 2.24. The monoisotopic (exact) mass is 279 g/mol. The highest BCUT2D eigenvalue weighted by molar-refractivity contribution is 5.58. The van der Waals surface area contributed by atoms with Crippen LogP contribution in [0.3, 0.4) is 0 Å². The fourth-order valence-electron chi connectivity index (χ4n) is 1.80. The molecule has 104 valence electrons. The third-order valence-corrected chi connectivity index (χ3v) is 2.74. The number of nitrogens with one attached hydrogen (secondary N) is 1. The third-order valence-electron chi connectivity index (χ3n) is 2.74. The molecule has 0 amide bonds. The van der Waals surface area contributed by atoms with Crippen molar-refractivity contribution in [1.82, 2.24) is 15.0 Å². The number of nitrogens with zero attached hydrogens (tertiary/aromatic N) is 3. The Morgan fingerprint density at radius 3 is 2.57 bits per heavy atom. The van der Waals surface area contributed by atoms with E-state index >= 15 is 0 Å². The van der Waals surface area contributed by atoms with Gasteiger partial charge in [0.25, 0.3) is 0 Å². The number of aromatic nitrogens is 3. The molecule has 3 rings (SSSR count). The smallest absolute Gasteiger partial charge is 0.225 e. The summed E-state index contributed by atoms with van der Waals surface area (Å²) < 4.78 is 5.67. The van der Waals surface area contributed by atoms with Gasteiger partial charge in [0.1, 0.15) is 11.6 Å². The molecule has 0 fully saturated rings. The Morgan fingerprint density at radius 2 is 1.86 bits per heavy atom. The quantitative estimate of drug-likeness (QED) is 0.564. The van der Waals surface area contributed by atoms with Crippen molar-refractivity contribution in [2.75, 3.05) is 5.43 Å². The molecule has 21 heavy (non-hydrogen) atoms. The number of nitrogen functional groups attached to an aromatic ring is 1. The van der Waals surface area contributed by atoms with Gasteiger partial charge in [-0.3, -0.25) is 4.98 Å². The normalized spacial score (nSPS) is 10.1. The zero-order valence-corrected chi connectivity index (χ0v) is 11.1. The van der Waals surface area contributed by atoms with E-state index in [0.29, 0.717) is 23.3 Å². The summed E-state index contributed by atoms with van der Waals surface area (Å²) in [6.45, 7) is 0. The summed E-state index contributed by atoms with van der Waals surface area (Å²) in [5.41, 5.74) is 3.40. The van der Waals surface area contributed by atoms with Crippen LogP contribution in [0.25, 0.3) is 11.4 Å². The molecule has 6 nitrogen and oxygen atoms in total. The topological polar surface area (TPSA) is 86.0 Å². The molecule has 0 atom stereocenters. The summed E-state index contributed by atoms with van der Waals surface area (Å²) in [7, 11) is 0. The molecule has 0 aliphatic heterocycles. The van der Waals surface area contributed by atoms with E-state index in [1.165, 1.54) is 0 Å². The molecule has 0 bridgehead atoms. The van der Waals surface area contributed by atoms with Crippen LogP contribution < -0.4 is 16.0 Å². The summed E-state index contributed by atoms with van der Waals surface area (Å²) in [5, 5.41) is 0. The number of hydrogen-bond donors (Lipinski definition) is 2. The summed E-state index contributed by atoms with van der Waals surface area (Å²) in [6, 6.07) is 14.8. The van der Waals surface area contributed by atoms with Gasteiger partial charge < -0.3 is 10.2 Å². The van der Waals surface area contributed by atoms with Gasteiger partial charge in [0.2, 0.25) is 5.88 Å². The first-order valence-electron chi connectivity index (χ1n) is 6.34. The van der Waals surface area contributed by atoms with Crippen LogP contribution in [-0.2, 0) is 0 Å². The largest absolute Gasteiger partial charge is 0.437 e. The molecule has 3 aromatic rings. The number of anilines is 1. The number of nitrogens with two attached hydrogens (primary N) is 1. The van der Waals surface area contributed by atoms with E-state index in [-0.39, 0.29) is 0 Å². The molecular formula is C15H13N5O. The van der Waals surface area contributed by atoms with Crippen molar-refractivity contribution in [1.29, 1.82) is 0 Å². The fourth-order valence-corrected chi connectivity index (χ4v) is 1.80. The van der Waals surface area contributed by atoms with Crippen LogP contribution in [0.1, 0.15) is 0 Å². The molecule has 2 aromatic heterocycles. The van der Waals surface area contributed by atoms with Crippen LogP contribution in [0.15, 0.2) is 60.9 Å². The molecular weight excluding hydrogens is 266 g/mol. The van der Waals surface area contributed by atoms with Crippen LogP contribution in [-0.4, -0.2) is 15.0 Å². The van der Waals surface area contributed by atoms with Crippen molar-refractivity contribution < 1.29 is 4.74 Å². The number of hydrogen-bond acceptors (Lipinski definition) is 6. The van der Waals surface area contributed by atoms with Crippen LogP contribution in [0, 0.1) is 0 Å². The minimum absolute atomic E-state index is 0.393.